The van der Waals surface area contributed by atoms with Gasteiger partial charge in [-0.15, -0.1) is 0 Å². The Kier molecular flexibility index (Phi) is 6.16. The number of aromatic nitrogens is 2. The third-order valence-electron chi connectivity index (χ3n) is 3.85. The SMILES string of the molecule is CCCCNC(=S)Nc1c(C)nn(Cc2cccc(C)c2)c1C. The fourth-order valence-electron chi connectivity index (χ4n) is 2.55. The number of unbranched alkanes of at least 4 members (excludes halogenated alkanes) is 1. The van der Waals surface area contributed by atoms with Gasteiger partial charge >= 0.3 is 0 Å². The van der Waals surface area contributed by atoms with Gasteiger partial charge in [0.25, 0.3) is 0 Å². The van der Waals surface area contributed by atoms with Crippen molar-refractivity contribution in [3.8, 4) is 0 Å². The van der Waals surface area contributed by atoms with Gasteiger partial charge in [0.2, 0.25) is 0 Å². The zero-order chi connectivity index (χ0) is 16.8. The Morgan fingerprint density at radius 2 is 2.04 bits per heavy atom. The van der Waals surface area contributed by atoms with Crippen molar-refractivity contribution in [1.29, 1.82) is 0 Å². The minimum Gasteiger partial charge on any atom is -0.362 e. The lowest BCUT2D eigenvalue weighted by Crippen LogP contribution is -2.29. The van der Waals surface area contributed by atoms with E-state index in [2.05, 4.69) is 60.8 Å². The largest absolute Gasteiger partial charge is 0.362 e. The van der Waals surface area contributed by atoms with Crippen molar-refractivity contribution in [1.82, 2.24) is 15.1 Å². The zero-order valence-electron chi connectivity index (χ0n) is 14.4. The second-order valence-electron chi connectivity index (χ2n) is 5.93. The van der Waals surface area contributed by atoms with Crippen molar-refractivity contribution in [3.63, 3.8) is 0 Å². The zero-order valence-corrected chi connectivity index (χ0v) is 15.3. The molecule has 2 rings (SSSR count). The minimum atomic E-state index is 0.666. The fraction of sp³-hybridized carbons (Fsp3) is 0.444. The van der Waals surface area contributed by atoms with Crippen LogP contribution in [0, 0.1) is 20.8 Å². The number of benzene rings is 1. The van der Waals surface area contributed by atoms with Gasteiger partial charge in [-0.3, -0.25) is 4.68 Å². The van der Waals surface area contributed by atoms with Crippen molar-refractivity contribution >= 4 is 23.0 Å². The van der Waals surface area contributed by atoms with Crippen molar-refractivity contribution in [3.05, 3.63) is 46.8 Å². The van der Waals surface area contributed by atoms with Gasteiger partial charge in [-0.05, 0) is 45.0 Å². The lowest BCUT2D eigenvalue weighted by Gasteiger charge is -2.11. The Morgan fingerprint density at radius 3 is 2.74 bits per heavy atom. The van der Waals surface area contributed by atoms with Crippen molar-refractivity contribution in [2.45, 2.75) is 47.1 Å². The van der Waals surface area contributed by atoms with Crippen LogP contribution in [0.3, 0.4) is 0 Å². The third-order valence-corrected chi connectivity index (χ3v) is 4.10. The molecule has 124 valence electrons. The van der Waals surface area contributed by atoms with Crippen LogP contribution in [0.2, 0.25) is 0 Å². The highest BCUT2D eigenvalue weighted by Crippen LogP contribution is 2.20. The summed E-state index contributed by atoms with van der Waals surface area (Å²) in [5.74, 6) is 0. The number of aryl methyl sites for hydroxylation is 2. The second kappa shape index (κ2) is 8.11. The van der Waals surface area contributed by atoms with Gasteiger partial charge in [0.1, 0.15) is 0 Å². The van der Waals surface area contributed by atoms with Crippen molar-refractivity contribution in [2.75, 3.05) is 11.9 Å². The molecule has 0 aliphatic carbocycles. The Labute approximate surface area is 144 Å². The highest BCUT2D eigenvalue weighted by molar-refractivity contribution is 7.80. The summed E-state index contributed by atoms with van der Waals surface area (Å²) in [6.45, 7) is 10.0. The molecule has 0 unspecified atom stereocenters. The van der Waals surface area contributed by atoms with E-state index in [1.54, 1.807) is 0 Å². The molecule has 0 spiro atoms. The molecular weight excluding hydrogens is 304 g/mol. The quantitative estimate of drug-likeness (QED) is 0.622. The average molecular weight is 331 g/mol. The van der Waals surface area contributed by atoms with Crippen molar-refractivity contribution in [2.24, 2.45) is 0 Å². The lowest BCUT2D eigenvalue weighted by atomic mass is 10.1. The fourth-order valence-corrected chi connectivity index (χ4v) is 2.76. The number of hydrogen-bond acceptors (Lipinski definition) is 2. The normalized spacial score (nSPS) is 10.6. The highest BCUT2D eigenvalue weighted by atomic mass is 32.1. The van der Waals surface area contributed by atoms with E-state index in [1.807, 2.05) is 11.6 Å². The lowest BCUT2D eigenvalue weighted by molar-refractivity contribution is 0.659. The minimum absolute atomic E-state index is 0.666. The monoisotopic (exact) mass is 330 g/mol. The van der Waals surface area contributed by atoms with Gasteiger partial charge in [0, 0.05) is 6.54 Å². The summed E-state index contributed by atoms with van der Waals surface area (Å²) in [4.78, 5) is 0. The first kappa shape index (κ1) is 17.5. The first-order valence-corrected chi connectivity index (χ1v) is 8.56. The van der Waals surface area contributed by atoms with E-state index in [0.717, 1.165) is 43.0 Å². The molecule has 1 aromatic heterocycles. The molecule has 5 heteroatoms. The summed E-state index contributed by atoms with van der Waals surface area (Å²) in [5, 5.41) is 11.8. The number of thiocarbonyl (C=S) groups is 1. The number of rotatable bonds is 6. The molecule has 2 aromatic rings. The first-order chi connectivity index (χ1) is 11.0. The van der Waals surface area contributed by atoms with E-state index in [-0.39, 0.29) is 0 Å². The molecule has 1 aromatic carbocycles. The van der Waals surface area contributed by atoms with Crippen molar-refractivity contribution < 1.29 is 0 Å². The summed E-state index contributed by atoms with van der Waals surface area (Å²) < 4.78 is 2.03. The number of hydrogen-bond donors (Lipinski definition) is 2. The molecule has 0 aliphatic heterocycles. The standard InChI is InChI=1S/C18H26N4S/c1-5-6-10-19-18(23)20-17-14(3)21-22(15(17)4)12-16-9-7-8-13(2)11-16/h7-9,11H,5-6,10,12H2,1-4H3,(H2,19,20,23). The maximum absolute atomic E-state index is 5.37. The van der Waals surface area contributed by atoms with Crippen LogP contribution in [0.15, 0.2) is 24.3 Å². The Morgan fingerprint density at radius 1 is 1.26 bits per heavy atom. The molecular formula is C18H26N4S. The van der Waals surface area contributed by atoms with Crippen LogP contribution in [0.25, 0.3) is 0 Å². The maximum Gasteiger partial charge on any atom is 0.170 e. The molecule has 0 bridgehead atoms. The maximum atomic E-state index is 5.37. The predicted octanol–water partition coefficient (Wildman–Crippen LogP) is 3.94. The van der Waals surface area contributed by atoms with Crippen LogP contribution < -0.4 is 10.6 Å². The van der Waals surface area contributed by atoms with Crippen LogP contribution in [0.1, 0.15) is 42.3 Å². The molecule has 0 aliphatic rings. The first-order valence-electron chi connectivity index (χ1n) is 8.15. The highest BCUT2D eigenvalue weighted by Gasteiger charge is 2.12. The molecule has 23 heavy (non-hydrogen) atoms. The van der Waals surface area contributed by atoms with Gasteiger partial charge < -0.3 is 10.6 Å². The molecule has 0 fully saturated rings. The average Bonchev–Trinajstić information content (AvgIpc) is 2.75. The topological polar surface area (TPSA) is 41.9 Å². The third kappa shape index (κ3) is 4.79. The van der Waals surface area contributed by atoms with Gasteiger partial charge in [-0.25, -0.2) is 0 Å². The second-order valence-corrected chi connectivity index (χ2v) is 6.34. The molecule has 0 radical (unpaired) electrons. The van der Waals surface area contributed by atoms with E-state index in [9.17, 15) is 0 Å². The number of nitrogens with one attached hydrogen (secondary N) is 2. The molecule has 2 N–H and O–H groups in total. The summed E-state index contributed by atoms with van der Waals surface area (Å²) in [7, 11) is 0. The summed E-state index contributed by atoms with van der Waals surface area (Å²) >= 11 is 5.37. The molecule has 0 saturated carbocycles. The number of nitrogens with zero attached hydrogens (tertiary/aromatic N) is 2. The van der Waals surface area contributed by atoms with Crippen LogP contribution >= 0.6 is 12.2 Å². The summed E-state index contributed by atoms with van der Waals surface area (Å²) in [6.07, 6.45) is 2.27. The molecule has 1 heterocycles. The van der Waals surface area contributed by atoms with Crippen LogP contribution in [0.4, 0.5) is 5.69 Å². The number of anilines is 1. The molecule has 0 saturated heterocycles. The van der Waals surface area contributed by atoms with Crippen LogP contribution in [-0.2, 0) is 6.54 Å². The Hall–Kier alpha value is -1.88. The molecule has 0 atom stereocenters. The van der Waals surface area contributed by atoms with E-state index >= 15 is 0 Å². The van der Waals surface area contributed by atoms with E-state index in [0.29, 0.717) is 5.11 Å². The summed E-state index contributed by atoms with van der Waals surface area (Å²) in [6, 6.07) is 8.52. The van der Waals surface area contributed by atoms with E-state index in [4.69, 9.17) is 12.2 Å². The Balaban J connectivity index is 2.08. The Bertz CT molecular complexity index is 676. The molecule has 4 nitrogen and oxygen atoms in total. The van der Waals surface area contributed by atoms with Gasteiger partial charge in [-0.2, -0.15) is 5.10 Å². The van der Waals surface area contributed by atoms with Crippen LogP contribution in [-0.4, -0.2) is 21.4 Å². The summed E-state index contributed by atoms with van der Waals surface area (Å²) in [5.41, 5.74) is 5.60. The van der Waals surface area contributed by atoms with E-state index < -0.39 is 0 Å². The van der Waals surface area contributed by atoms with Gasteiger partial charge in [0.15, 0.2) is 5.11 Å². The molecule has 0 amide bonds. The van der Waals surface area contributed by atoms with Crippen LogP contribution in [0.5, 0.6) is 0 Å². The smallest absolute Gasteiger partial charge is 0.170 e. The van der Waals surface area contributed by atoms with E-state index in [1.165, 1.54) is 11.1 Å². The van der Waals surface area contributed by atoms with Gasteiger partial charge in [0.05, 0.1) is 23.6 Å². The van der Waals surface area contributed by atoms with Gasteiger partial charge in [-0.1, -0.05) is 43.2 Å². The predicted molar refractivity (Wildman–Crippen MR) is 101 cm³/mol.